The zero-order valence-corrected chi connectivity index (χ0v) is 16.5. The third kappa shape index (κ3) is 3.02. The van der Waals surface area contributed by atoms with Crippen LogP contribution in [0.25, 0.3) is 11.0 Å². The molecule has 142 valence electrons. The number of nitrogens with zero attached hydrogens (tertiary/aromatic N) is 2. The molecule has 1 heterocycles. The lowest BCUT2D eigenvalue weighted by Crippen LogP contribution is -2.32. The van der Waals surface area contributed by atoms with Gasteiger partial charge in [-0.05, 0) is 42.2 Å². The second-order valence-corrected chi connectivity index (χ2v) is 7.20. The molecule has 0 atom stereocenters. The molecular weight excluding hydrogens is 344 g/mol. The molecule has 0 unspecified atom stereocenters. The smallest absolute Gasteiger partial charge is 0.173 e. The molecule has 3 nitrogen and oxygen atoms in total. The fourth-order valence-corrected chi connectivity index (χ4v) is 3.99. The molecule has 0 aliphatic heterocycles. The lowest BCUT2D eigenvalue weighted by atomic mass is 9.85. The summed E-state index contributed by atoms with van der Waals surface area (Å²) in [6.07, 6.45) is 2.15. The summed E-state index contributed by atoms with van der Waals surface area (Å²) < 4.78 is 2.15. The van der Waals surface area contributed by atoms with Gasteiger partial charge >= 0.3 is 0 Å². The molecule has 4 aromatic rings. The Morgan fingerprint density at radius 3 is 2.00 bits per heavy atom. The van der Waals surface area contributed by atoms with E-state index in [1.54, 1.807) is 0 Å². The van der Waals surface area contributed by atoms with Crippen molar-refractivity contribution in [2.75, 3.05) is 0 Å². The molecule has 0 fully saturated rings. The largest absolute Gasteiger partial charge is 0.373 e. The Kier molecular flexibility index (Phi) is 5.01. The van der Waals surface area contributed by atoms with Crippen molar-refractivity contribution >= 4 is 11.0 Å². The molecule has 0 aliphatic carbocycles. The molecule has 3 heteroatoms. The zero-order valence-electron chi connectivity index (χ0n) is 16.5. The SMILES string of the molecule is CCCc1ccc2nc(C(O)(c3ccccc3)c3ccccc3)n(CC)c2c1. The molecule has 0 saturated carbocycles. The van der Waals surface area contributed by atoms with Gasteiger partial charge in [0.2, 0.25) is 0 Å². The molecule has 0 aliphatic rings. The zero-order chi connectivity index (χ0) is 19.6. The summed E-state index contributed by atoms with van der Waals surface area (Å²) in [5.74, 6) is 0.663. The minimum absolute atomic E-state index is 0.663. The number of hydrogen-bond acceptors (Lipinski definition) is 2. The Morgan fingerprint density at radius 2 is 1.46 bits per heavy atom. The van der Waals surface area contributed by atoms with E-state index in [0.717, 1.165) is 41.5 Å². The first-order valence-corrected chi connectivity index (χ1v) is 10.0. The van der Waals surface area contributed by atoms with Crippen molar-refractivity contribution in [2.24, 2.45) is 0 Å². The fraction of sp³-hybridized carbons (Fsp3) is 0.240. The average Bonchev–Trinajstić information content (AvgIpc) is 3.13. The van der Waals surface area contributed by atoms with Crippen molar-refractivity contribution in [3.8, 4) is 0 Å². The third-order valence-electron chi connectivity index (χ3n) is 5.37. The lowest BCUT2D eigenvalue weighted by molar-refractivity contribution is 0.112. The lowest BCUT2D eigenvalue weighted by Gasteiger charge is -2.29. The van der Waals surface area contributed by atoms with Crippen LogP contribution in [0.3, 0.4) is 0 Å². The van der Waals surface area contributed by atoms with Gasteiger partial charge in [0.25, 0.3) is 0 Å². The number of rotatable bonds is 6. The molecule has 0 saturated heterocycles. The highest BCUT2D eigenvalue weighted by molar-refractivity contribution is 5.77. The van der Waals surface area contributed by atoms with Gasteiger partial charge in [-0.25, -0.2) is 4.98 Å². The van der Waals surface area contributed by atoms with Gasteiger partial charge in [0, 0.05) is 6.54 Å². The fourth-order valence-electron chi connectivity index (χ4n) is 3.99. The predicted molar refractivity (Wildman–Crippen MR) is 114 cm³/mol. The first-order valence-electron chi connectivity index (χ1n) is 10.0. The van der Waals surface area contributed by atoms with Crippen LogP contribution in [0, 0.1) is 0 Å². The van der Waals surface area contributed by atoms with Gasteiger partial charge in [-0.15, -0.1) is 0 Å². The normalized spacial score (nSPS) is 11.8. The van der Waals surface area contributed by atoms with Crippen LogP contribution in [0.15, 0.2) is 78.9 Å². The number of benzene rings is 3. The summed E-state index contributed by atoms with van der Waals surface area (Å²) in [6.45, 7) is 5.03. The highest BCUT2D eigenvalue weighted by Gasteiger charge is 2.38. The Labute approximate surface area is 166 Å². The second kappa shape index (κ2) is 7.61. The number of fused-ring (bicyclic) bond motifs is 1. The van der Waals surface area contributed by atoms with Gasteiger partial charge in [0.1, 0.15) is 0 Å². The summed E-state index contributed by atoms with van der Waals surface area (Å²) in [5.41, 5.74) is 3.62. The molecule has 1 N–H and O–H groups in total. The Bertz CT molecular complexity index is 1030. The molecule has 3 aromatic carbocycles. The summed E-state index contributed by atoms with van der Waals surface area (Å²) >= 11 is 0. The van der Waals surface area contributed by atoms with Gasteiger partial charge in [-0.1, -0.05) is 80.1 Å². The molecule has 0 spiro atoms. The van der Waals surface area contributed by atoms with Crippen LogP contribution in [0.4, 0.5) is 0 Å². The van der Waals surface area contributed by atoms with Gasteiger partial charge in [0.05, 0.1) is 11.0 Å². The van der Waals surface area contributed by atoms with Gasteiger partial charge < -0.3 is 9.67 Å². The molecular formula is C25H26N2O. The number of imidazole rings is 1. The molecule has 4 rings (SSSR count). The number of aliphatic hydroxyl groups is 1. The highest BCUT2D eigenvalue weighted by Crippen LogP contribution is 2.37. The maximum Gasteiger partial charge on any atom is 0.173 e. The predicted octanol–water partition coefficient (Wildman–Crippen LogP) is 5.29. The molecule has 28 heavy (non-hydrogen) atoms. The van der Waals surface area contributed by atoms with E-state index in [1.807, 2.05) is 60.7 Å². The molecule has 0 amide bonds. The van der Waals surface area contributed by atoms with Gasteiger partial charge in [-0.3, -0.25) is 0 Å². The maximum absolute atomic E-state index is 12.1. The summed E-state index contributed by atoms with van der Waals surface area (Å²) in [7, 11) is 0. The highest BCUT2D eigenvalue weighted by atomic mass is 16.3. The Morgan fingerprint density at radius 1 is 0.857 bits per heavy atom. The van der Waals surface area contributed by atoms with Crippen molar-refractivity contribution < 1.29 is 5.11 Å². The summed E-state index contributed by atoms with van der Waals surface area (Å²) in [5, 5.41) is 12.1. The third-order valence-corrected chi connectivity index (χ3v) is 5.37. The van der Waals surface area contributed by atoms with Crippen molar-refractivity contribution in [1.29, 1.82) is 0 Å². The van der Waals surface area contributed by atoms with E-state index >= 15 is 0 Å². The van der Waals surface area contributed by atoms with Crippen molar-refractivity contribution in [3.05, 3.63) is 101 Å². The second-order valence-electron chi connectivity index (χ2n) is 7.20. The first-order chi connectivity index (χ1) is 13.7. The Hall–Kier alpha value is -2.91. The summed E-state index contributed by atoms with van der Waals surface area (Å²) in [6, 6.07) is 26.1. The number of hydrogen-bond donors (Lipinski definition) is 1. The van der Waals surface area contributed by atoms with Crippen LogP contribution in [0.1, 0.15) is 42.8 Å². The van der Waals surface area contributed by atoms with E-state index in [4.69, 9.17) is 4.98 Å². The minimum atomic E-state index is -1.32. The van der Waals surface area contributed by atoms with E-state index in [1.165, 1.54) is 5.56 Å². The topological polar surface area (TPSA) is 38.1 Å². The van der Waals surface area contributed by atoms with Crippen LogP contribution >= 0.6 is 0 Å². The van der Waals surface area contributed by atoms with E-state index in [2.05, 4.69) is 36.6 Å². The molecule has 1 aromatic heterocycles. The monoisotopic (exact) mass is 370 g/mol. The van der Waals surface area contributed by atoms with Crippen LogP contribution in [0.5, 0.6) is 0 Å². The van der Waals surface area contributed by atoms with E-state index in [9.17, 15) is 5.11 Å². The van der Waals surface area contributed by atoms with Crippen LogP contribution in [-0.2, 0) is 18.6 Å². The van der Waals surface area contributed by atoms with Crippen LogP contribution in [0.2, 0.25) is 0 Å². The van der Waals surface area contributed by atoms with E-state index < -0.39 is 5.60 Å². The quantitative estimate of drug-likeness (QED) is 0.500. The average molecular weight is 370 g/mol. The van der Waals surface area contributed by atoms with Crippen LogP contribution < -0.4 is 0 Å². The van der Waals surface area contributed by atoms with Gasteiger partial charge in [-0.2, -0.15) is 0 Å². The van der Waals surface area contributed by atoms with Gasteiger partial charge in [0.15, 0.2) is 11.4 Å². The first kappa shape index (κ1) is 18.5. The Balaban J connectivity index is 2.00. The van der Waals surface area contributed by atoms with E-state index in [0.29, 0.717) is 5.82 Å². The van der Waals surface area contributed by atoms with Crippen molar-refractivity contribution in [2.45, 2.75) is 38.8 Å². The number of aryl methyl sites for hydroxylation is 2. The minimum Gasteiger partial charge on any atom is -0.373 e. The maximum atomic E-state index is 12.1. The summed E-state index contributed by atoms with van der Waals surface area (Å²) in [4.78, 5) is 4.92. The van der Waals surface area contributed by atoms with E-state index in [-0.39, 0.29) is 0 Å². The molecule has 0 radical (unpaired) electrons. The number of aromatic nitrogens is 2. The van der Waals surface area contributed by atoms with Crippen molar-refractivity contribution in [1.82, 2.24) is 9.55 Å². The molecule has 0 bridgehead atoms. The standard InChI is InChI=1S/C25H26N2O/c1-3-11-19-16-17-22-23(18-19)27(4-2)24(26-22)25(28,20-12-7-5-8-13-20)21-14-9-6-10-15-21/h5-10,12-18,28H,3-4,11H2,1-2H3. The van der Waals surface area contributed by atoms with Crippen LogP contribution in [-0.4, -0.2) is 14.7 Å². The van der Waals surface area contributed by atoms with Crippen molar-refractivity contribution in [3.63, 3.8) is 0 Å².